The quantitative estimate of drug-likeness (QED) is 0.486. The van der Waals surface area contributed by atoms with Gasteiger partial charge in [-0.3, -0.25) is 9.69 Å². The Bertz CT molecular complexity index is 1070. The van der Waals surface area contributed by atoms with Crippen molar-refractivity contribution in [3.05, 3.63) is 101 Å². The van der Waals surface area contributed by atoms with E-state index in [9.17, 15) is 18.0 Å². The number of alkyl halides is 3. The Hall–Kier alpha value is -3.32. The van der Waals surface area contributed by atoms with Crippen LogP contribution in [-0.4, -0.2) is 35.9 Å². The van der Waals surface area contributed by atoms with E-state index in [0.717, 1.165) is 29.0 Å². The molecule has 0 radical (unpaired) electrons. The zero-order valence-electron chi connectivity index (χ0n) is 18.3. The predicted molar refractivity (Wildman–Crippen MR) is 119 cm³/mol. The van der Waals surface area contributed by atoms with Crippen LogP contribution in [0.15, 0.2) is 78.9 Å². The smallest absolute Gasteiger partial charge is 0.416 e. The van der Waals surface area contributed by atoms with Gasteiger partial charge in [-0.05, 0) is 47.4 Å². The molecule has 33 heavy (non-hydrogen) atoms. The van der Waals surface area contributed by atoms with E-state index < -0.39 is 17.9 Å². The first-order chi connectivity index (χ1) is 15.8. The average molecular weight is 454 g/mol. The first-order valence-corrected chi connectivity index (χ1v) is 10.7. The number of nitrogens with zero attached hydrogens (tertiary/aromatic N) is 2. The number of ether oxygens (including phenoxy) is 1. The Morgan fingerprint density at radius 1 is 0.909 bits per heavy atom. The molecule has 1 amide bonds. The van der Waals surface area contributed by atoms with Gasteiger partial charge >= 0.3 is 6.18 Å². The van der Waals surface area contributed by atoms with Crippen LogP contribution in [0.3, 0.4) is 0 Å². The number of methoxy groups -OCH3 is 1. The Labute approximate surface area is 191 Å². The molecule has 1 fully saturated rings. The molecular weight excluding hydrogens is 429 g/mol. The molecule has 1 aliphatic heterocycles. The maximum atomic E-state index is 13.1. The Morgan fingerprint density at radius 3 is 2.18 bits per heavy atom. The predicted octanol–water partition coefficient (Wildman–Crippen LogP) is 5.30. The molecule has 1 unspecified atom stereocenters. The van der Waals surface area contributed by atoms with Crippen molar-refractivity contribution in [2.75, 3.05) is 20.2 Å². The Balaban J connectivity index is 1.59. The lowest BCUT2D eigenvalue weighted by Gasteiger charge is -2.31. The van der Waals surface area contributed by atoms with E-state index in [2.05, 4.69) is 0 Å². The van der Waals surface area contributed by atoms with Gasteiger partial charge in [0.15, 0.2) is 0 Å². The summed E-state index contributed by atoms with van der Waals surface area (Å²) in [4.78, 5) is 16.8. The third-order valence-corrected chi connectivity index (χ3v) is 5.86. The molecule has 0 aromatic heterocycles. The lowest BCUT2D eigenvalue weighted by molar-refractivity contribution is -0.137. The van der Waals surface area contributed by atoms with Crippen LogP contribution in [0, 0.1) is 0 Å². The molecule has 4 rings (SSSR count). The summed E-state index contributed by atoms with van der Waals surface area (Å²) in [7, 11) is 1.61. The van der Waals surface area contributed by atoms with Crippen LogP contribution in [0.5, 0.6) is 5.75 Å². The van der Waals surface area contributed by atoms with E-state index in [0.29, 0.717) is 25.1 Å². The number of halogens is 3. The average Bonchev–Trinajstić information content (AvgIpc) is 3.12. The van der Waals surface area contributed by atoms with E-state index in [4.69, 9.17) is 4.74 Å². The van der Waals surface area contributed by atoms with E-state index >= 15 is 0 Å². The zero-order valence-corrected chi connectivity index (χ0v) is 18.3. The molecule has 0 saturated carbocycles. The molecule has 0 spiro atoms. The number of rotatable bonds is 7. The van der Waals surface area contributed by atoms with Gasteiger partial charge in [-0.1, -0.05) is 54.6 Å². The van der Waals surface area contributed by atoms with Crippen molar-refractivity contribution in [3.8, 4) is 5.75 Å². The molecule has 0 aliphatic carbocycles. The zero-order chi connectivity index (χ0) is 23.4. The van der Waals surface area contributed by atoms with Crippen molar-refractivity contribution in [1.29, 1.82) is 0 Å². The van der Waals surface area contributed by atoms with Crippen molar-refractivity contribution in [2.45, 2.75) is 25.3 Å². The van der Waals surface area contributed by atoms with Gasteiger partial charge in [0.1, 0.15) is 11.9 Å². The Morgan fingerprint density at radius 2 is 1.58 bits per heavy atom. The summed E-state index contributed by atoms with van der Waals surface area (Å²) in [6.07, 6.45) is -4.20. The normalized spacial score (nSPS) is 16.9. The van der Waals surface area contributed by atoms with Crippen LogP contribution in [-0.2, 0) is 23.9 Å². The molecule has 172 valence electrons. The maximum absolute atomic E-state index is 13.1. The van der Waals surface area contributed by atoms with Crippen molar-refractivity contribution < 1.29 is 22.7 Å². The first-order valence-electron chi connectivity index (χ1n) is 10.7. The highest BCUT2D eigenvalue weighted by Crippen LogP contribution is 2.35. The lowest BCUT2D eigenvalue weighted by atomic mass is 10.1. The minimum atomic E-state index is -4.40. The second-order valence-corrected chi connectivity index (χ2v) is 8.07. The third kappa shape index (κ3) is 5.37. The molecule has 0 bridgehead atoms. The fourth-order valence-electron chi connectivity index (χ4n) is 4.17. The lowest BCUT2D eigenvalue weighted by Crippen LogP contribution is -2.33. The standard InChI is InChI=1S/C26H25F3N2O2/c1-33-23-13-7-19(8-14-23)15-16-31-24(32)18-30(17-20-5-3-2-4-6-20)25(31)21-9-11-22(12-10-21)26(27,28)29/h2-14,25H,15-18H2,1H3. The summed E-state index contributed by atoms with van der Waals surface area (Å²) in [5, 5.41) is 0. The summed E-state index contributed by atoms with van der Waals surface area (Å²) >= 11 is 0. The van der Waals surface area contributed by atoms with Gasteiger partial charge in [0.25, 0.3) is 0 Å². The van der Waals surface area contributed by atoms with Crippen LogP contribution in [0.1, 0.15) is 28.4 Å². The number of carbonyl (C=O) groups is 1. The SMILES string of the molecule is COc1ccc(CCN2C(=O)CN(Cc3ccccc3)C2c2ccc(C(F)(F)F)cc2)cc1. The van der Waals surface area contributed by atoms with E-state index in [1.54, 1.807) is 12.0 Å². The third-order valence-electron chi connectivity index (χ3n) is 5.86. The van der Waals surface area contributed by atoms with Gasteiger partial charge < -0.3 is 9.64 Å². The molecule has 7 heteroatoms. The number of hydrogen-bond donors (Lipinski definition) is 0. The highest BCUT2D eigenvalue weighted by molar-refractivity contribution is 5.81. The highest BCUT2D eigenvalue weighted by Gasteiger charge is 2.39. The van der Waals surface area contributed by atoms with Gasteiger partial charge in [0, 0.05) is 13.1 Å². The van der Waals surface area contributed by atoms with Crippen molar-refractivity contribution >= 4 is 5.91 Å². The van der Waals surface area contributed by atoms with E-state index in [-0.39, 0.29) is 12.5 Å². The largest absolute Gasteiger partial charge is 0.497 e. The molecule has 1 heterocycles. The molecule has 3 aromatic rings. The molecule has 1 atom stereocenters. The number of amides is 1. The molecular formula is C26H25F3N2O2. The summed E-state index contributed by atoms with van der Waals surface area (Å²) in [5.41, 5.74) is 2.06. The van der Waals surface area contributed by atoms with E-state index in [1.165, 1.54) is 12.1 Å². The van der Waals surface area contributed by atoms with Crippen molar-refractivity contribution in [2.24, 2.45) is 0 Å². The monoisotopic (exact) mass is 454 g/mol. The Kier molecular flexibility index (Phi) is 6.70. The number of benzene rings is 3. The second-order valence-electron chi connectivity index (χ2n) is 8.07. The van der Waals surface area contributed by atoms with Gasteiger partial charge in [0.2, 0.25) is 5.91 Å². The topological polar surface area (TPSA) is 32.8 Å². The summed E-state index contributed by atoms with van der Waals surface area (Å²) < 4.78 is 44.4. The molecule has 4 nitrogen and oxygen atoms in total. The summed E-state index contributed by atoms with van der Waals surface area (Å²) in [6, 6.07) is 22.5. The van der Waals surface area contributed by atoms with E-state index in [1.807, 2.05) is 59.5 Å². The molecule has 1 saturated heterocycles. The second kappa shape index (κ2) is 9.67. The van der Waals surface area contributed by atoms with Gasteiger partial charge in [-0.2, -0.15) is 13.2 Å². The number of hydrogen-bond acceptors (Lipinski definition) is 3. The highest BCUT2D eigenvalue weighted by atomic mass is 19.4. The molecule has 1 aliphatic rings. The minimum Gasteiger partial charge on any atom is -0.497 e. The van der Waals surface area contributed by atoms with Gasteiger partial charge in [-0.15, -0.1) is 0 Å². The van der Waals surface area contributed by atoms with Crippen molar-refractivity contribution in [3.63, 3.8) is 0 Å². The van der Waals surface area contributed by atoms with Crippen LogP contribution in [0.2, 0.25) is 0 Å². The number of carbonyl (C=O) groups excluding carboxylic acids is 1. The summed E-state index contributed by atoms with van der Waals surface area (Å²) in [5.74, 6) is 0.719. The fourth-order valence-corrected chi connectivity index (χ4v) is 4.17. The fraction of sp³-hybridized carbons (Fsp3) is 0.269. The molecule has 0 N–H and O–H groups in total. The summed E-state index contributed by atoms with van der Waals surface area (Å²) in [6.45, 7) is 1.20. The van der Waals surface area contributed by atoms with Crippen LogP contribution >= 0.6 is 0 Å². The van der Waals surface area contributed by atoms with Gasteiger partial charge in [-0.25, -0.2) is 0 Å². The minimum absolute atomic E-state index is 0.0376. The van der Waals surface area contributed by atoms with Crippen LogP contribution < -0.4 is 4.74 Å². The van der Waals surface area contributed by atoms with Crippen LogP contribution in [0.25, 0.3) is 0 Å². The molecule has 3 aromatic carbocycles. The first kappa shape index (κ1) is 22.9. The van der Waals surface area contributed by atoms with Crippen molar-refractivity contribution in [1.82, 2.24) is 9.80 Å². The van der Waals surface area contributed by atoms with Gasteiger partial charge in [0.05, 0.1) is 19.2 Å². The van der Waals surface area contributed by atoms with Crippen LogP contribution in [0.4, 0.5) is 13.2 Å². The maximum Gasteiger partial charge on any atom is 0.416 e.